The molecule has 8 nitrogen and oxygen atoms in total. The smallest absolute Gasteiger partial charge is 0.308 e. The van der Waals surface area contributed by atoms with Crippen molar-refractivity contribution in [2.45, 2.75) is 104 Å². The van der Waals surface area contributed by atoms with E-state index in [1.165, 1.54) is 6.92 Å². The molecule has 9 atom stereocenters. The van der Waals surface area contributed by atoms with Gasteiger partial charge >= 0.3 is 5.97 Å². The number of carbonyl (C=O) groups excluding carboxylic acids is 3. The van der Waals surface area contributed by atoms with Gasteiger partial charge in [0.15, 0.2) is 0 Å². The number of esters is 1. The van der Waals surface area contributed by atoms with Gasteiger partial charge in [0.05, 0.1) is 18.6 Å². The Balaban J connectivity index is 2.35. The van der Waals surface area contributed by atoms with E-state index in [1.807, 2.05) is 32.1 Å². The molecule has 0 aromatic heterocycles. The molecule has 0 spiro atoms. The molecule has 216 valence electrons. The maximum Gasteiger partial charge on any atom is 0.308 e. The Morgan fingerprint density at radius 1 is 1.05 bits per heavy atom. The van der Waals surface area contributed by atoms with Crippen molar-refractivity contribution in [2.24, 2.45) is 41.2 Å². The summed E-state index contributed by atoms with van der Waals surface area (Å²) in [7, 11) is 0. The van der Waals surface area contributed by atoms with Gasteiger partial charge in [-0.15, -0.1) is 0 Å². The van der Waals surface area contributed by atoms with Crippen LogP contribution in [0.3, 0.4) is 0 Å². The SMILES string of the molecule is CC(=O)NC/C1=C/C=C/C[C@@H]([C@@H]2CCC[C@H]2C(N)=O)OC(=O)C[C@H](O)[C@@H](C)C[C@@H](C)C[C@@H](C)C[C@H](C)[C@H]1O. The van der Waals surface area contributed by atoms with Gasteiger partial charge in [-0.25, -0.2) is 0 Å². The molecule has 1 saturated carbocycles. The number of nitrogens with one attached hydrogen (secondary N) is 1. The van der Waals surface area contributed by atoms with Crippen molar-refractivity contribution in [3.8, 4) is 0 Å². The number of primary amides is 1. The molecule has 2 rings (SSSR count). The number of aliphatic hydroxyl groups excluding tert-OH is 2. The minimum absolute atomic E-state index is 0.00368. The lowest BCUT2D eigenvalue weighted by Crippen LogP contribution is -2.36. The zero-order valence-corrected chi connectivity index (χ0v) is 23.9. The molecule has 1 fully saturated rings. The van der Waals surface area contributed by atoms with Crippen LogP contribution in [-0.2, 0) is 19.1 Å². The summed E-state index contributed by atoms with van der Waals surface area (Å²) in [6.07, 6.45) is 8.57. The molecule has 1 aliphatic heterocycles. The van der Waals surface area contributed by atoms with Gasteiger partial charge in [-0.05, 0) is 61.3 Å². The minimum atomic E-state index is -0.800. The Morgan fingerprint density at radius 3 is 2.34 bits per heavy atom. The first-order valence-electron chi connectivity index (χ1n) is 14.3. The molecule has 0 aromatic carbocycles. The van der Waals surface area contributed by atoms with Crippen molar-refractivity contribution in [1.29, 1.82) is 0 Å². The molecular weight excluding hydrogens is 484 g/mol. The largest absolute Gasteiger partial charge is 0.462 e. The zero-order valence-electron chi connectivity index (χ0n) is 23.9. The summed E-state index contributed by atoms with van der Waals surface area (Å²) in [5.41, 5.74) is 6.37. The summed E-state index contributed by atoms with van der Waals surface area (Å²) >= 11 is 0. The van der Waals surface area contributed by atoms with E-state index in [4.69, 9.17) is 10.5 Å². The molecule has 5 N–H and O–H groups in total. The highest BCUT2D eigenvalue weighted by Gasteiger charge is 2.38. The summed E-state index contributed by atoms with van der Waals surface area (Å²) in [6.45, 7) is 10.0. The molecule has 1 heterocycles. The second-order valence-electron chi connectivity index (χ2n) is 12.0. The van der Waals surface area contributed by atoms with Gasteiger partial charge < -0.3 is 26.0 Å². The van der Waals surface area contributed by atoms with Gasteiger partial charge in [0.2, 0.25) is 11.8 Å². The van der Waals surface area contributed by atoms with Crippen LogP contribution in [-0.4, -0.2) is 52.9 Å². The summed E-state index contributed by atoms with van der Waals surface area (Å²) in [6, 6.07) is 0. The lowest BCUT2D eigenvalue weighted by atomic mass is 9.82. The van der Waals surface area contributed by atoms with Crippen LogP contribution in [0.5, 0.6) is 0 Å². The number of hydrogen-bond donors (Lipinski definition) is 4. The van der Waals surface area contributed by atoms with Crippen molar-refractivity contribution in [3.63, 3.8) is 0 Å². The standard InChI is InChI=1S/C30H50N2O6/c1-18-13-19(2)15-21(4)29(36)23(17-32-22(5)33)9-6-7-12-27(24-10-8-11-25(24)30(31)37)38-28(35)16-26(34)20(3)14-18/h6-7,9,18-21,24-27,29,34,36H,8,10-17H2,1-5H3,(H2,31,37)(H,32,33)/b7-6+,23-9-/t18-,19+,20-,21-,24+,25+,26-,27-,29+/m0/s1. The Hall–Kier alpha value is -2.19. The number of nitrogens with two attached hydrogens (primary N) is 1. The van der Waals surface area contributed by atoms with Crippen LogP contribution in [0.15, 0.2) is 23.8 Å². The van der Waals surface area contributed by atoms with E-state index in [1.54, 1.807) is 0 Å². The number of aliphatic hydroxyl groups is 2. The van der Waals surface area contributed by atoms with E-state index in [2.05, 4.69) is 19.2 Å². The number of amides is 2. The fourth-order valence-electron chi connectivity index (χ4n) is 6.38. The second kappa shape index (κ2) is 15.4. The topological polar surface area (TPSA) is 139 Å². The lowest BCUT2D eigenvalue weighted by molar-refractivity contribution is -0.156. The first kappa shape index (κ1) is 32.0. The fourth-order valence-corrected chi connectivity index (χ4v) is 6.38. The molecular formula is C30H50N2O6. The van der Waals surface area contributed by atoms with Crippen LogP contribution in [0.2, 0.25) is 0 Å². The van der Waals surface area contributed by atoms with Gasteiger partial charge in [0.25, 0.3) is 0 Å². The highest BCUT2D eigenvalue weighted by atomic mass is 16.5. The lowest BCUT2D eigenvalue weighted by Gasteiger charge is -2.29. The van der Waals surface area contributed by atoms with Crippen LogP contribution in [0, 0.1) is 35.5 Å². The number of ether oxygens (including phenoxy) is 1. The monoisotopic (exact) mass is 534 g/mol. The highest BCUT2D eigenvalue weighted by Crippen LogP contribution is 2.37. The maximum absolute atomic E-state index is 12.9. The number of allylic oxidation sites excluding steroid dienone is 2. The van der Waals surface area contributed by atoms with Crippen molar-refractivity contribution in [2.75, 3.05) is 6.54 Å². The first-order valence-corrected chi connectivity index (χ1v) is 14.3. The molecule has 8 heteroatoms. The quantitative estimate of drug-likeness (QED) is 0.406. The van der Waals surface area contributed by atoms with E-state index in [0.29, 0.717) is 30.3 Å². The van der Waals surface area contributed by atoms with E-state index in [-0.39, 0.29) is 48.5 Å². The normalized spacial score (nSPS) is 38.7. The van der Waals surface area contributed by atoms with Crippen molar-refractivity contribution in [3.05, 3.63) is 23.8 Å². The first-order chi connectivity index (χ1) is 17.9. The van der Waals surface area contributed by atoms with Crippen molar-refractivity contribution >= 4 is 17.8 Å². The highest BCUT2D eigenvalue weighted by molar-refractivity contribution is 5.77. The third-order valence-corrected chi connectivity index (χ3v) is 8.36. The second-order valence-corrected chi connectivity index (χ2v) is 12.0. The summed E-state index contributed by atoms with van der Waals surface area (Å²) in [5, 5.41) is 24.7. The van der Waals surface area contributed by atoms with Gasteiger partial charge in [-0.3, -0.25) is 14.4 Å². The third kappa shape index (κ3) is 10.2. The van der Waals surface area contributed by atoms with E-state index in [9.17, 15) is 24.6 Å². The van der Waals surface area contributed by atoms with Crippen LogP contribution in [0.25, 0.3) is 0 Å². The zero-order chi connectivity index (χ0) is 28.4. The van der Waals surface area contributed by atoms with Crippen LogP contribution in [0.1, 0.15) is 86.0 Å². The number of cyclic esters (lactones) is 1. The molecule has 38 heavy (non-hydrogen) atoms. The van der Waals surface area contributed by atoms with E-state index in [0.717, 1.165) is 32.1 Å². The Morgan fingerprint density at radius 2 is 1.71 bits per heavy atom. The molecule has 1 aliphatic carbocycles. The van der Waals surface area contributed by atoms with Crippen LogP contribution >= 0.6 is 0 Å². The van der Waals surface area contributed by atoms with Gasteiger partial charge in [0, 0.05) is 31.7 Å². The molecule has 2 amide bonds. The van der Waals surface area contributed by atoms with Crippen LogP contribution < -0.4 is 11.1 Å². The number of rotatable bonds is 4. The van der Waals surface area contributed by atoms with E-state index < -0.39 is 24.3 Å². The van der Waals surface area contributed by atoms with Crippen molar-refractivity contribution in [1.82, 2.24) is 5.32 Å². The fraction of sp³-hybridized carbons (Fsp3) is 0.767. The van der Waals surface area contributed by atoms with E-state index >= 15 is 0 Å². The molecule has 0 saturated heterocycles. The average Bonchev–Trinajstić information content (AvgIpc) is 3.31. The predicted octanol–water partition coefficient (Wildman–Crippen LogP) is 3.65. The van der Waals surface area contributed by atoms with Gasteiger partial charge in [-0.2, -0.15) is 0 Å². The maximum atomic E-state index is 12.9. The Labute approximate surface area is 228 Å². The minimum Gasteiger partial charge on any atom is -0.462 e. The summed E-state index contributed by atoms with van der Waals surface area (Å²) < 4.78 is 5.88. The van der Waals surface area contributed by atoms with Crippen LogP contribution in [0.4, 0.5) is 0 Å². The summed E-state index contributed by atoms with van der Waals surface area (Å²) in [5.74, 6) is -0.892. The third-order valence-electron chi connectivity index (χ3n) is 8.36. The average molecular weight is 535 g/mol. The number of hydrogen-bond acceptors (Lipinski definition) is 6. The Bertz CT molecular complexity index is 856. The summed E-state index contributed by atoms with van der Waals surface area (Å²) in [4.78, 5) is 36.5. The molecule has 0 aromatic rings. The Kier molecular flexibility index (Phi) is 13.0. The van der Waals surface area contributed by atoms with Gasteiger partial charge in [0.1, 0.15) is 6.10 Å². The predicted molar refractivity (Wildman–Crippen MR) is 148 cm³/mol. The molecule has 2 aliphatic rings. The molecule has 0 bridgehead atoms. The van der Waals surface area contributed by atoms with Crippen molar-refractivity contribution < 1.29 is 29.3 Å². The van der Waals surface area contributed by atoms with Gasteiger partial charge in [-0.1, -0.05) is 52.3 Å². The number of carbonyl (C=O) groups is 3. The molecule has 0 radical (unpaired) electrons. The molecule has 0 unspecified atom stereocenters.